The van der Waals surface area contributed by atoms with Crippen LogP contribution in [0.1, 0.15) is 10.4 Å². The van der Waals surface area contributed by atoms with E-state index in [-0.39, 0.29) is 12.5 Å². The number of rotatable bonds is 8. The minimum atomic E-state index is -0.293. The number of nitrogens with one attached hydrogen (secondary N) is 1. The van der Waals surface area contributed by atoms with Crippen molar-refractivity contribution >= 4 is 28.5 Å². The van der Waals surface area contributed by atoms with Gasteiger partial charge in [0.2, 0.25) is 5.91 Å². The highest BCUT2D eigenvalue weighted by Gasteiger charge is 2.11. The van der Waals surface area contributed by atoms with E-state index in [0.29, 0.717) is 16.6 Å². The Bertz CT molecular complexity index is 1130. The molecule has 2 aromatic carbocycles. The summed E-state index contributed by atoms with van der Waals surface area (Å²) < 4.78 is 15.8. The lowest BCUT2D eigenvalue weighted by molar-refractivity contribution is -0.111. The van der Waals surface area contributed by atoms with E-state index in [2.05, 4.69) is 10.3 Å². The van der Waals surface area contributed by atoms with Crippen molar-refractivity contribution in [2.45, 2.75) is 6.92 Å². The van der Waals surface area contributed by atoms with Gasteiger partial charge in [-0.15, -0.1) is 11.3 Å². The summed E-state index contributed by atoms with van der Waals surface area (Å²) in [6, 6.07) is 14.7. The molecule has 0 atom stereocenters. The molecule has 158 valence electrons. The number of amides is 1. The van der Waals surface area contributed by atoms with E-state index in [4.69, 9.17) is 19.5 Å². The van der Waals surface area contributed by atoms with Crippen LogP contribution in [0.5, 0.6) is 17.2 Å². The highest BCUT2D eigenvalue weighted by atomic mass is 32.1. The zero-order valence-corrected chi connectivity index (χ0v) is 18.2. The summed E-state index contributed by atoms with van der Waals surface area (Å²) in [5.74, 6) is 1.43. The molecular formula is C23H21N3O4S. The molecule has 1 aromatic heterocycles. The topological polar surface area (TPSA) is 93.5 Å². The monoisotopic (exact) mass is 435 g/mol. The Morgan fingerprint density at radius 1 is 1.16 bits per heavy atom. The second-order valence-corrected chi connectivity index (χ2v) is 7.54. The van der Waals surface area contributed by atoms with E-state index in [9.17, 15) is 4.79 Å². The van der Waals surface area contributed by atoms with Crippen molar-refractivity contribution in [3.05, 3.63) is 59.0 Å². The van der Waals surface area contributed by atoms with E-state index < -0.39 is 0 Å². The number of ether oxygens (including phenoxy) is 3. The number of benzene rings is 2. The van der Waals surface area contributed by atoms with Crippen LogP contribution in [-0.2, 0) is 4.79 Å². The number of aryl methyl sites for hydroxylation is 1. The first kappa shape index (κ1) is 21.9. The Hall–Kier alpha value is -3.83. The molecule has 0 aliphatic rings. The Labute approximate surface area is 184 Å². The fraction of sp³-hybridized carbons (Fsp3) is 0.174. The Morgan fingerprint density at radius 2 is 1.94 bits per heavy atom. The zero-order valence-electron chi connectivity index (χ0n) is 17.3. The lowest BCUT2D eigenvalue weighted by Gasteiger charge is -2.08. The van der Waals surface area contributed by atoms with Crippen LogP contribution in [0.25, 0.3) is 17.3 Å². The van der Waals surface area contributed by atoms with Gasteiger partial charge >= 0.3 is 0 Å². The number of hydrogen-bond acceptors (Lipinski definition) is 7. The maximum Gasteiger partial charge on any atom is 0.250 e. The van der Waals surface area contributed by atoms with Gasteiger partial charge in [-0.2, -0.15) is 5.26 Å². The normalized spacial score (nSPS) is 10.5. The molecule has 0 unspecified atom stereocenters. The summed E-state index contributed by atoms with van der Waals surface area (Å²) in [4.78, 5) is 17.9. The third-order valence-corrected chi connectivity index (χ3v) is 5.18. The van der Waals surface area contributed by atoms with Crippen molar-refractivity contribution in [3.63, 3.8) is 0 Å². The number of methoxy groups -OCH3 is 2. The first-order valence-corrected chi connectivity index (χ1v) is 10.1. The highest BCUT2D eigenvalue weighted by molar-refractivity contribution is 7.16. The highest BCUT2D eigenvalue weighted by Crippen LogP contribution is 2.31. The van der Waals surface area contributed by atoms with E-state index in [1.165, 1.54) is 24.5 Å². The molecular weight excluding hydrogens is 414 g/mol. The van der Waals surface area contributed by atoms with E-state index in [1.807, 2.05) is 37.3 Å². The van der Waals surface area contributed by atoms with Gasteiger partial charge in [-0.25, -0.2) is 4.98 Å². The SMILES string of the molecule is COc1ccc(-c2nc(NC(=O)C=Cc3ccc(OCC#N)c(OC)c3)sc2C)cc1. The van der Waals surface area contributed by atoms with Gasteiger partial charge in [0, 0.05) is 16.5 Å². The Morgan fingerprint density at radius 3 is 2.61 bits per heavy atom. The van der Waals surface area contributed by atoms with Crippen molar-refractivity contribution in [2.75, 3.05) is 26.1 Å². The molecule has 0 saturated carbocycles. The molecule has 0 radical (unpaired) electrons. The molecule has 0 saturated heterocycles. The van der Waals surface area contributed by atoms with Gasteiger partial charge in [-0.05, 0) is 55.0 Å². The van der Waals surface area contributed by atoms with Crippen molar-refractivity contribution < 1.29 is 19.0 Å². The van der Waals surface area contributed by atoms with Gasteiger partial charge in [-0.3, -0.25) is 10.1 Å². The fourth-order valence-electron chi connectivity index (χ4n) is 2.80. The Balaban J connectivity index is 1.68. The molecule has 1 heterocycles. The molecule has 0 bridgehead atoms. The summed E-state index contributed by atoms with van der Waals surface area (Å²) in [6.45, 7) is 1.89. The van der Waals surface area contributed by atoms with Crippen LogP contribution in [0.4, 0.5) is 5.13 Å². The van der Waals surface area contributed by atoms with Crippen LogP contribution in [0, 0.1) is 18.3 Å². The molecule has 0 spiro atoms. The number of nitrogens with zero attached hydrogens (tertiary/aromatic N) is 2. The van der Waals surface area contributed by atoms with Gasteiger partial charge in [0.05, 0.1) is 19.9 Å². The minimum Gasteiger partial charge on any atom is -0.497 e. The number of hydrogen-bond donors (Lipinski definition) is 1. The number of anilines is 1. The summed E-state index contributed by atoms with van der Waals surface area (Å²) in [6.07, 6.45) is 3.09. The van der Waals surface area contributed by atoms with Gasteiger partial charge in [0.25, 0.3) is 0 Å². The van der Waals surface area contributed by atoms with E-state index in [1.54, 1.807) is 31.4 Å². The van der Waals surface area contributed by atoms with Gasteiger partial charge in [-0.1, -0.05) is 6.07 Å². The molecule has 0 aliphatic heterocycles. The molecule has 8 heteroatoms. The van der Waals surface area contributed by atoms with Crippen molar-refractivity contribution in [1.29, 1.82) is 5.26 Å². The van der Waals surface area contributed by atoms with Gasteiger partial charge in [0.15, 0.2) is 23.2 Å². The third-order valence-electron chi connectivity index (χ3n) is 4.30. The van der Waals surface area contributed by atoms with Crippen LogP contribution < -0.4 is 19.5 Å². The number of aromatic nitrogens is 1. The maximum absolute atomic E-state index is 12.3. The number of nitriles is 1. The van der Waals surface area contributed by atoms with Crippen LogP contribution in [0.2, 0.25) is 0 Å². The number of carbonyl (C=O) groups is 1. The quantitative estimate of drug-likeness (QED) is 0.516. The van der Waals surface area contributed by atoms with E-state index >= 15 is 0 Å². The molecule has 0 fully saturated rings. The zero-order chi connectivity index (χ0) is 22.2. The van der Waals surface area contributed by atoms with Crippen molar-refractivity contribution in [2.24, 2.45) is 0 Å². The predicted molar refractivity (Wildman–Crippen MR) is 121 cm³/mol. The lowest BCUT2D eigenvalue weighted by atomic mass is 10.1. The first-order chi connectivity index (χ1) is 15.0. The van der Waals surface area contributed by atoms with Gasteiger partial charge < -0.3 is 14.2 Å². The summed E-state index contributed by atoms with van der Waals surface area (Å²) in [5.41, 5.74) is 2.53. The minimum absolute atomic E-state index is 0.0697. The van der Waals surface area contributed by atoms with Crippen molar-refractivity contribution in [1.82, 2.24) is 4.98 Å². The molecule has 1 N–H and O–H groups in total. The smallest absolute Gasteiger partial charge is 0.250 e. The summed E-state index contributed by atoms with van der Waals surface area (Å²) in [5, 5.41) is 12.0. The van der Waals surface area contributed by atoms with Crippen LogP contribution >= 0.6 is 11.3 Å². The predicted octanol–water partition coefficient (Wildman–Crippen LogP) is 4.69. The number of carbonyl (C=O) groups excluding carboxylic acids is 1. The third kappa shape index (κ3) is 5.62. The number of thiazole rings is 1. The van der Waals surface area contributed by atoms with Crippen LogP contribution in [0.3, 0.4) is 0 Å². The molecule has 3 rings (SSSR count). The average molecular weight is 436 g/mol. The molecule has 3 aromatic rings. The molecule has 31 heavy (non-hydrogen) atoms. The van der Waals surface area contributed by atoms with Crippen LogP contribution in [0.15, 0.2) is 48.5 Å². The van der Waals surface area contributed by atoms with Gasteiger partial charge in [0.1, 0.15) is 11.8 Å². The molecule has 0 aliphatic carbocycles. The molecule has 1 amide bonds. The van der Waals surface area contributed by atoms with Crippen molar-refractivity contribution in [3.8, 4) is 34.6 Å². The average Bonchev–Trinajstić information content (AvgIpc) is 3.16. The first-order valence-electron chi connectivity index (χ1n) is 9.32. The second-order valence-electron chi connectivity index (χ2n) is 6.33. The Kier molecular flexibility index (Phi) is 7.25. The largest absolute Gasteiger partial charge is 0.497 e. The second kappa shape index (κ2) is 10.3. The molecule has 7 nitrogen and oxygen atoms in total. The maximum atomic E-state index is 12.3. The standard InChI is InChI=1S/C23H21N3O4S/c1-15-22(17-6-8-18(28-2)9-7-17)26-23(31-15)25-21(27)11-5-16-4-10-19(30-13-12-24)20(14-16)29-3/h4-11,14H,13H2,1-3H3,(H,25,26,27). The fourth-order valence-corrected chi connectivity index (χ4v) is 3.64. The summed E-state index contributed by atoms with van der Waals surface area (Å²) >= 11 is 1.41. The van der Waals surface area contributed by atoms with Crippen LogP contribution in [-0.4, -0.2) is 31.7 Å². The van der Waals surface area contributed by atoms with E-state index in [0.717, 1.165) is 27.4 Å². The summed E-state index contributed by atoms with van der Waals surface area (Å²) in [7, 11) is 3.14. The lowest BCUT2D eigenvalue weighted by Crippen LogP contribution is -2.07.